The van der Waals surface area contributed by atoms with Crippen molar-refractivity contribution in [2.24, 2.45) is 23.3 Å². The quantitative estimate of drug-likeness (QED) is 0.255. The summed E-state index contributed by atoms with van der Waals surface area (Å²) in [4.78, 5) is 24.9. The number of rotatable bonds is 17. The van der Waals surface area contributed by atoms with Crippen LogP contribution >= 0.6 is 0 Å². The molecule has 38 heavy (non-hydrogen) atoms. The molecular formula is C28H41N3O6S. The number of esters is 1. The van der Waals surface area contributed by atoms with Gasteiger partial charge in [0.15, 0.2) is 9.84 Å². The van der Waals surface area contributed by atoms with E-state index < -0.39 is 52.0 Å². The van der Waals surface area contributed by atoms with Crippen molar-refractivity contribution in [3.8, 4) is 5.75 Å². The monoisotopic (exact) mass is 547 g/mol. The zero-order valence-electron chi connectivity index (χ0n) is 22.5. The minimum absolute atomic E-state index is 0.0771. The standard InChI is InChI=1S/C28H41N3O6S/c1-20(2)12-13-38(34,35)19-23(16-27(30)32)28(33)37-26(25(29)15-21-8-5-4-6-9-21)18-31-17-22-10-7-11-24(14-22)36-3/h4-11,14,20,23,25-26,31H,12-13,15-19,29H2,1-3H3,(H2,30,32)/t23?,25-,26+/m0/s1. The molecule has 9 nitrogen and oxygen atoms in total. The van der Waals surface area contributed by atoms with Crippen LogP contribution < -0.4 is 21.5 Å². The number of sulfone groups is 1. The molecule has 0 bridgehead atoms. The normalized spacial score (nSPS) is 14.0. The number of carbonyl (C=O) groups excluding carboxylic acids is 2. The molecule has 0 aliphatic carbocycles. The van der Waals surface area contributed by atoms with Gasteiger partial charge in [-0.05, 0) is 42.0 Å². The van der Waals surface area contributed by atoms with Gasteiger partial charge in [0, 0.05) is 25.6 Å². The van der Waals surface area contributed by atoms with Gasteiger partial charge in [0.1, 0.15) is 11.9 Å². The molecule has 0 heterocycles. The van der Waals surface area contributed by atoms with Gasteiger partial charge in [0.25, 0.3) is 0 Å². The molecule has 2 aromatic rings. The van der Waals surface area contributed by atoms with Gasteiger partial charge in [-0.25, -0.2) is 8.42 Å². The van der Waals surface area contributed by atoms with Gasteiger partial charge in [-0.2, -0.15) is 0 Å². The number of carbonyl (C=O) groups is 2. The van der Waals surface area contributed by atoms with Crippen molar-refractivity contribution >= 4 is 21.7 Å². The summed E-state index contributed by atoms with van der Waals surface area (Å²) >= 11 is 0. The second-order valence-corrected chi connectivity index (χ2v) is 12.2. The molecule has 0 aliphatic rings. The molecule has 0 aromatic heterocycles. The van der Waals surface area contributed by atoms with E-state index in [9.17, 15) is 18.0 Å². The lowest BCUT2D eigenvalue weighted by Gasteiger charge is -2.27. The third-order valence-corrected chi connectivity index (χ3v) is 7.88. The fraction of sp³-hybridized carbons (Fsp3) is 0.500. The molecule has 2 rings (SSSR count). The molecule has 0 spiro atoms. The summed E-state index contributed by atoms with van der Waals surface area (Å²) in [5.41, 5.74) is 13.8. The Morgan fingerprint density at radius 2 is 1.71 bits per heavy atom. The number of primary amides is 1. The summed E-state index contributed by atoms with van der Waals surface area (Å²) in [5.74, 6) is -2.44. The average molecular weight is 548 g/mol. The molecule has 0 saturated carbocycles. The van der Waals surface area contributed by atoms with Crippen LogP contribution in [0.25, 0.3) is 0 Å². The van der Waals surface area contributed by atoms with Crippen molar-refractivity contribution in [2.45, 2.75) is 51.8 Å². The van der Waals surface area contributed by atoms with Crippen LogP contribution in [0.1, 0.15) is 37.8 Å². The Hall–Kier alpha value is -2.95. The van der Waals surface area contributed by atoms with E-state index in [-0.39, 0.29) is 18.2 Å². The molecule has 0 fully saturated rings. The van der Waals surface area contributed by atoms with E-state index in [2.05, 4.69) is 5.32 Å². The van der Waals surface area contributed by atoms with Gasteiger partial charge in [-0.15, -0.1) is 0 Å². The van der Waals surface area contributed by atoms with E-state index in [1.807, 2.05) is 68.4 Å². The second-order valence-electron chi connectivity index (χ2n) is 9.98. The minimum Gasteiger partial charge on any atom is -0.497 e. The zero-order chi connectivity index (χ0) is 28.1. The number of amides is 1. The number of nitrogens with one attached hydrogen (secondary N) is 1. The van der Waals surface area contributed by atoms with Crippen molar-refractivity contribution in [1.29, 1.82) is 0 Å². The highest BCUT2D eigenvalue weighted by Crippen LogP contribution is 2.16. The molecule has 2 aromatic carbocycles. The van der Waals surface area contributed by atoms with Crippen LogP contribution in [0, 0.1) is 11.8 Å². The lowest BCUT2D eigenvalue weighted by atomic mass is 10.0. The van der Waals surface area contributed by atoms with Gasteiger partial charge >= 0.3 is 5.97 Å². The van der Waals surface area contributed by atoms with E-state index >= 15 is 0 Å². The first-order valence-corrected chi connectivity index (χ1v) is 14.6. The average Bonchev–Trinajstić information content (AvgIpc) is 2.86. The fourth-order valence-corrected chi connectivity index (χ4v) is 5.81. The number of methoxy groups -OCH3 is 1. The number of hydrogen-bond donors (Lipinski definition) is 3. The van der Waals surface area contributed by atoms with E-state index in [0.29, 0.717) is 19.4 Å². The van der Waals surface area contributed by atoms with E-state index in [0.717, 1.165) is 16.9 Å². The van der Waals surface area contributed by atoms with Crippen molar-refractivity contribution < 1.29 is 27.5 Å². The van der Waals surface area contributed by atoms with Crippen molar-refractivity contribution in [1.82, 2.24) is 5.32 Å². The zero-order valence-corrected chi connectivity index (χ0v) is 23.3. The van der Waals surface area contributed by atoms with Crippen LogP contribution in [0.3, 0.4) is 0 Å². The molecule has 0 radical (unpaired) electrons. The third kappa shape index (κ3) is 11.6. The van der Waals surface area contributed by atoms with E-state index in [1.54, 1.807) is 7.11 Å². The predicted octanol–water partition coefficient (Wildman–Crippen LogP) is 2.22. The van der Waals surface area contributed by atoms with Crippen LogP contribution in [0.15, 0.2) is 54.6 Å². The number of hydrogen-bond acceptors (Lipinski definition) is 8. The highest BCUT2D eigenvalue weighted by atomic mass is 32.2. The summed E-state index contributed by atoms with van der Waals surface area (Å²) in [7, 11) is -2.00. The first-order valence-electron chi connectivity index (χ1n) is 12.8. The van der Waals surface area contributed by atoms with Crippen LogP contribution in [0.5, 0.6) is 5.75 Å². The Morgan fingerprint density at radius 1 is 1.03 bits per heavy atom. The molecule has 0 aliphatic heterocycles. The SMILES string of the molecule is COc1cccc(CNC[C@@H](OC(=O)C(CC(N)=O)CS(=O)(=O)CCC(C)C)[C@@H](N)Cc2ccccc2)c1. The van der Waals surface area contributed by atoms with Gasteiger partial charge in [0.05, 0.1) is 24.5 Å². The fourth-order valence-electron chi connectivity index (χ4n) is 3.94. The summed E-state index contributed by atoms with van der Waals surface area (Å²) in [6.45, 7) is 4.53. The Morgan fingerprint density at radius 3 is 2.34 bits per heavy atom. The van der Waals surface area contributed by atoms with E-state index in [4.69, 9.17) is 20.9 Å². The number of ether oxygens (including phenoxy) is 2. The van der Waals surface area contributed by atoms with Crippen LogP contribution in [-0.4, -0.2) is 57.6 Å². The predicted molar refractivity (Wildman–Crippen MR) is 148 cm³/mol. The Bertz CT molecular complexity index is 1120. The summed E-state index contributed by atoms with van der Waals surface area (Å²) in [6.07, 6.45) is -0.300. The van der Waals surface area contributed by atoms with Crippen LogP contribution in [0.2, 0.25) is 0 Å². The Labute approximate surface area is 226 Å². The highest BCUT2D eigenvalue weighted by Gasteiger charge is 2.32. The largest absolute Gasteiger partial charge is 0.497 e. The molecule has 10 heteroatoms. The number of benzene rings is 2. The van der Waals surface area contributed by atoms with Crippen molar-refractivity contribution in [3.05, 3.63) is 65.7 Å². The summed E-state index contributed by atoms with van der Waals surface area (Å²) in [6, 6.07) is 16.5. The minimum atomic E-state index is -3.60. The van der Waals surface area contributed by atoms with Crippen molar-refractivity contribution in [2.75, 3.05) is 25.2 Å². The Kier molecular flexibility index (Phi) is 12.7. The summed E-state index contributed by atoms with van der Waals surface area (Å²) in [5, 5.41) is 3.26. The molecule has 1 amide bonds. The maximum absolute atomic E-state index is 13.2. The first kappa shape index (κ1) is 31.3. The van der Waals surface area contributed by atoms with Crippen LogP contribution in [0.4, 0.5) is 0 Å². The molecule has 210 valence electrons. The number of nitrogens with two attached hydrogens (primary N) is 2. The second kappa shape index (κ2) is 15.5. The molecule has 3 atom stereocenters. The molecule has 0 saturated heterocycles. The van der Waals surface area contributed by atoms with E-state index in [1.165, 1.54) is 0 Å². The Balaban J connectivity index is 2.16. The molecule has 5 N–H and O–H groups in total. The van der Waals surface area contributed by atoms with Crippen molar-refractivity contribution in [3.63, 3.8) is 0 Å². The molecule has 1 unspecified atom stereocenters. The topological polar surface area (TPSA) is 151 Å². The lowest BCUT2D eigenvalue weighted by Crippen LogP contribution is -2.47. The smallest absolute Gasteiger partial charge is 0.310 e. The lowest BCUT2D eigenvalue weighted by molar-refractivity contribution is -0.155. The van der Waals surface area contributed by atoms with Gasteiger partial charge < -0.3 is 26.3 Å². The van der Waals surface area contributed by atoms with Gasteiger partial charge in [0.2, 0.25) is 5.91 Å². The maximum atomic E-state index is 13.2. The van der Waals surface area contributed by atoms with Gasteiger partial charge in [-0.1, -0.05) is 56.3 Å². The maximum Gasteiger partial charge on any atom is 0.310 e. The van der Waals surface area contributed by atoms with Crippen LogP contribution in [-0.2, 0) is 37.1 Å². The first-order chi connectivity index (χ1) is 18.0. The third-order valence-electron chi connectivity index (χ3n) is 6.11. The van der Waals surface area contributed by atoms with Gasteiger partial charge in [-0.3, -0.25) is 9.59 Å². The molecular weight excluding hydrogens is 506 g/mol. The highest BCUT2D eigenvalue weighted by molar-refractivity contribution is 7.91. The summed E-state index contributed by atoms with van der Waals surface area (Å²) < 4.78 is 36.4.